The maximum Gasteiger partial charge on any atom is 0.197 e. The molecule has 0 saturated carbocycles. The molecular formula is C10H6F3N3. The van der Waals surface area contributed by atoms with Crippen LogP contribution in [0.1, 0.15) is 0 Å². The van der Waals surface area contributed by atoms with Crippen LogP contribution in [0.15, 0.2) is 24.8 Å². The van der Waals surface area contributed by atoms with Crippen LogP contribution >= 0.6 is 0 Å². The second kappa shape index (κ2) is 3.80. The summed E-state index contributed by atoms with van der Waals surface area (Å²) in [4.78, 5) is 7.30. The predicted octanol–water partition coefficient (Wildman–Crippen LogP) is 2.14. The Hall–Kier alpha value is -2.11. The Morgan fingerprint density at radius 2 is 1.56 bits per heavy atom. The molecule has 0 spiro atoms. The maximum absolute atomic E-state index is 13.4. The number of hydrogen-bond donors (Lipinski definition) is 1. The number of nitrogens with two attached hydrogens (primary N) is 1. The first-order valence-electron chi connectivity index (χ1n) is 4.29. The highest BCUT2D eigenvalue weighted by Crippen LogP contribution is 2.28. The molecule has 0 amide bonds. The highest BCUT2D eigenvalue weighted by Gasteiger charge is 2.18. The van der Waals surface area contributed by atoms with Crippen LogP contribution in [0.25, 0.3) is 11.1 Å². The summed E-state index contributed by atoms with van der Waals surface area (Å²) >= 11 is 0. The van der Waals surface area contributed by atoms with Crippen LogP contribution in [0.2, 0.25) is 0 Å². The molecule has 82 valence electrons. The molecule has 0 atom stereocenters. The zero-order chi connectivity index (χ0) is 11.7. The lowest BCUT2D eigenvalue weighted by molar-refractivity contribution is 0.451. The molecular weight excluding hydrogens is 219 g/mol. The Morgan fingerprint density at radius 3 is 2.19 bits per heavy atom. The molecule has 0 aliphatic rings. The monoisotopic (exact) mass is 225 g/mol. The van der Waals surface area contributed by atoms with E-state index in [9.17, 15) is 13.2 Å². The van der Waals surface area contributed by atoms with Gasteiger partial charge in [0.2, 0.25) is 0 Å². The summed E-state index contributed by atoms with van der Waals surface area (Å²) in [5, 5.41) is 0. The third-order valence-electron chi connectivity index (χ3n) is 2.05. The van der Waals surface area contributed by atoms with Gasteiger partial charge in [0.25, 0.3) is 0 Å². The fourth-order valence-electron chi connectivity index (χ4n) is 1.27. The Kier molecular flexibility index (Phi) is 2.47. The van der Waals surface area contributed by atoms with Crippen molar-refractivity contribution in [3.63, 3.8) is 0 Å². The maximum atomic E-state index is 13.4. The molecule has 0 radical (unpaired) electrons. The van der Waals surface area contributed by atoms with E-state index in [0.717, 1.165) is 6.07 Å². The van der Waals surface area contributed by atoms with E-state index in [-0.39, 0.29) is 11.1 Å². The molecule has 2 aromatic rings. The fraction of sp³-hybridized carbons (Fsp3) is 0. The number of nitrogens with zero attached hydrogens (tertiary/aromatic N) is 2. The Morgan fingerprint density at radius 1 is 0.938 bits per heavy atom. The minimum atomic E-state index is -1.60. The van der Waals surface area contributed by atoms with E-state index < -0.39 is 23.1 Å². The lowest BCUT2D eigenvalue weighted by Crippen LogP contribution is -2.00. The molecule has 0 bridgehead atoms. The van der Waals surface area contributed by atoms with Gasteiger partial charge >= 0.3 is 0 Å². The number of hydrogen-bond acceptors (Lipinski definition) is 3. The van der Waals surface area contributed by atoms with Gasteiger partial charge in [-0.3, -0.25) is 0 Å². The van der Waals surface area contributed by atoms with Crippen LogP contribution in [0.5, 0.6) is 0 Å². The molecule has 0 aliphatic carbocycles. The zero-order valence-electron chi connectivity index (χ0n) is 7.92. The molecule has 1 aromatic carbocycles. The predicted molar refractivity (Wildman–Crippen MR) is 51.8 cm³/mol. The summed E-state index contributed by atoms with van der Waals surface area (Å²) in [6.07, 6.45) is 3.80. The van der Waals surface area contributed by atoms with E-state index in [1.54, 1.807) is 0 Å². The van der Waals surface area contributed by atoms with Crippen LogP contribution in [0, 0.1) is 17.5 Å². The molecule has 6 heteroatoms. The second-order valence-electron chi connectivity index (χ2n) is 3.08. The van der Waals surface area contributed by atoms with E-state index in [1.807, 2.05) is 0 Å². The van der Waals surface area contributed by atoms with Gasteiger partial charge in [-0.05, 0) is 6.07 Å². The number of aromatic nitrogens is 2. The summed E-state index contributed by atoms with van der Waals surface area (Å²) < 4.78 is 39.4. The molecule has 0 aliphatic heterocycles. The van der Waals surface area contributed by atoms with Crippen LogP contribution in [-0.4, -0.2) is 9.97 Å². The third kappa shape index (κ3) is 1.58. The van der Waals surface area contributed by atoms with Crippen LogP contribution in [0.3, 0.4) is 0 Å². The Bertz CT molecular complexity index is 529. The topological polar surface area (TPSA) is 51.8 Å². The molecule has 1 aromatic heterocycles. The minimum absolute atomic E-state index is 0.169. The lowest BCUT2D eigenvalue weighted by atomic mass is 10.1. The van der Waals surface area contributed by atoms with Gasteiger partial charge in [0.05, 0.1) is 5.69 Å². The van der Waals surface area contributed by atoms with Gasteiger partial charge in [-0.15, -0.1) is 0 Å². The van der Waals surface area contributed by atoms with Crippen LogP contribution < -0.4 is 5.73 Å². The van der Waals surface area contributed by atoms with Gasteiger partial charge < -0.3 is 5.73 Å². The molecule has 2 N–H and O–H groups in total. The van der Waals surface area contributed by atoms with Gasteiger partial charge in [-0.25, -0.2) is 23.1 Å². The molecule has 1 heterocycles. The molecule has 0 unspecified atom stereocenters. The largest absolute Gasteiger partial charge is 0.396 e. The number of anilines is 1. The van der Waals surface area contributed by atoms with E-state index in [2.05, 4.69) is 9.97 Å². The zero-order valence-corrected chi connectivity index (χ0v) is 7.92. The fourth-order valence-corrected chi connectivity index (χ4v) is 1.27. The second-order valence-corrected chi connectivity index (χ2v) is 3.08. The van der Waals surface area contributed by atoms with Crippen LogP contribution in [-0.2, 0) is 0 Å². The van der Waals surface area contributed by atoms with Crippen molar-refractivity contribution in [2.24, 2.45) is 0 Å². The summed E-state index contributed by atoms with van der Waals surface area (Å²) in [6.45, 7) is 0. The standard InChI is InChI=1S/C10H6F3N3/c11-8-6(5-2-15-4-16-3-5)1-7(14)9(12)10(8)13/h1-4H,14H2. The van der Waals surface area contributed by atoms with E-state index >= 15 is 0 Å². The quantitative estimate of drug-likeness (QED) is 0.597. The molecule has 3 nitrogen and oxygen atoms in total. The van der Waals surface area contributed by atoms with Crippen molar-refractivity contribution in [3.8, 4) is 11.1 Å². The van der Waals surface area contributed by atoms with Gasteiger partial charge in [0.1, 0.15) is 6.33 Å². The Labute approximate surface area is 88.8 Å². The van der Waals surface area contributed by atoms with Crippen molar-refractivity contribution in [1.29, 1.82) is 0 Å². The molecule has 2 rings (SSSR count). The summed E-state index contributed by atoms with van der Waals surface area (Å²) in [5.41, 5.74) is 4.80. The van der Waals surface area contributed by atoms with Gasteiger partial charge in [-0.2, -0.15) is 0 Å². The normalized spacial score (nSPS) is 10.4. The SMILES string of the molecule is Nc1cc(-c2cncnc2)c(F)c(F)c1F. The third-order valence-corrected chi connectivity index (χ3v) is 2.05. The smallest absolute Gasteiger partial charge is 0.197 e. The van der Waals surface area contributed by atoms with E-state index in [1.165, 1.54) is 18.7 Å². The number of benzene rings is 1. The van der Waals surface area contributed by atoms with E-state index in [0.29, 0.717) is 0 Å². The lowest BCUT2D eigenvalue weighted by Gasteiger charge is -2.06. The van der Waals surface area contributed by atoms with Crippen molar-refractivity contribution < 1.29 is 13.2 Å². The Balaban J connectivity index is 2.68. The average molecular weight is 225 g/mol. The first-order valence-corrected chi connectivity index (χ1v) is 4.29. The van der Waals surface area contributed by atoms with Gasteiger partial charge in [0, 0.05) is 23.5 Å². The molecule has 16 heavy (non-hydrogen) atoms. The minimum Gasteiger partial charge on any atom is -0.396 e. The van der Waals surface area contributed by atoms with Crippen LogP contribution in [0.4, 0.5) is 18.9 Å². The summed E-state index contributed by atoms with van der Waals surface area (Å²) in [6, 6.07) is 1.01. The highest BCUT2D eigenvalue weighted by molar-refractivity contribution is 5.67. The van der Waals surface area contributed by atoms with Crippen molar-refractivity contribution in [3.05, 3.63) is 42.2 Å². The first kappa shape index (κ1) is 10.4. The number of nitrogen functional groups attached to an aromatic ring is 1. The van der Waals surface area contributed by atoms with Gasteiger partial charge in [0.15, 0.2) is 17.5 Å². The van der Waals surface area contributed by atoms with Crippen molar-refractivity contribution >= 4 is 5.69 Å². The van der Waals surface area contributed by atoms with Crippen molar-refractivity contribution in [2.75, 3.05) is 5.73 Å². The van der Waals surface area contributed by atoms with E-state index in [4.69, 9.17) is 5.73 Å². The number of rotatable bonds is 1. The van der Waals surface area contributed by atoms with Crippen molar-refractivity contribution in [2.45, 2.75) is 0 Å². The van der Waals surface area contributed by atoms with Gasteiger partial charge in [-0.1, -0.05) is 0 Å². The summed E-state index contributed by atoms with van der Waals surface area (Å²) in [7, 11) is 0. The van der Waals surface area contributed by atoms with Crippen molar-refractivity contribution in [1.82, 2.24) is 9.97 Å². The average Bonchev–Trinajstić information content (AvgIpc) is 2.32. The molecule has 0 fully saturated rings. The number of halogens is 3. The summed E-state index contributed by atoms with van der Waals surface area (Å²) in [5.74, 6) is -4.29. The first-order chi connectivity index (χ1) is 7.61. The molecule has 0 saturated heterocycles. The highest BCUT2D eigenvalue weighted by atomic mass is 19.2.